The van der Waals surface area contributed by atoms with Crippen LogP contribution in [0.5, 0.6) is 17.2 Å². The van der Waals surface area contributed by atoms with Crippen LogP contribution in [0.4, 0.5) is 5.13 Å². The van der Waals surface area contributed by atoms with Gasteiger partial charge in [0, 0.05) is 5.56 Å². The fourth-order valence-corrected chi connectivity index (χ4v) is 5.31. The lowest BCUT2D eigenvalue weighted by atomic mass is 9.95. The number of fused-ring (bicyclic) bond motifs is 1. The number of carbonyl (C=O) groups excluding carboxylic acids is 2. The number of thiazole rings is 1. The molecular weight excluding hydrogens is 492 g/mol. The van der Waals surface area contributed by atoms with Gasteiger partial charge in [-0.3, -0.25) is 14.5 Å². The van der Waals surface area contributed by atoms with Gasteiger partial charge in [-0.2, -0.15) is 0 Å². The van der Waals surface area contributed by atoms with Gasteiger partial charge in [0.25, 0.3) is 5.78 Å². The number of aromatic nitrogens is 1. The third kappa shape index (κ3) is 4.49. The number of ketones is 1. The number of hydrogen-bond acceptors (Lipinski definition) is 8. The zero-order valence-corrected chi connectivity index (χ0v) is 21.0. The molecule has 1 unspecified atom stereocenters. The Morgan fingerprint density at radius 3 is 2.27 bits per heavy atom. The van der Waals surface area contributed by atoms with E-state index in [-0.39, 0.29) is 17.1 Å². The average molecular weight is 517 g/mol. The summed E-state index contributed by atoms with van der Waals surface area (Å²) >= 11 is 1.25. The zero-order valence-electron chi connectivity index (χ0n) is 20.2. The van der Waals surface area contributed by atoms with Crippen LogP contribution in [0, 0.1) is 0 Å². The highest BCUT2D eigenvalue weighted by Crippen LogP contribution is 2.45. The summed E-state index contributed by atoms with van der Waals surface area (Å²) in [6.07, 6.45) is 0. The highest BCUT2D eigenvalue weighted by molar-refractivity contribution is 7.22. The first kappa shape index (κ1) is 24.3. The van der Waals surface area contributed by atoms with Crippen LogP contribution in [-0.4, -0.2) is 40.1 Å². The third-order valence-electron chi connectivity index (χ3n) is 5.96. The zero-order chi connectivity index (χ0) is 26.1. The molecule has 1 atom stereocenters. The van der Waals surface area contributed by atoms with Gasteiger partial charge < -0.3 is 19.7 Å². The maximum absolute atomic E-state index is 13.4. The van der Waals surface area contributed by atoms with Crippen molar-refractivity contribution in [2.24, 2.45) is 0 Å². The summed E-state index contributed by atoms with van der Waals surface area (Å²) in [5, 5.41) is 21.4. The number of aromatic hydroxyl groups is 1. The summed E-state index contributed by atoms with van der Waals surface area (Å²) in [5.74, 6) is -0.584. The van der Waals surface area contributed by atoms with E-state index in [1.807, 2.05) is 19.9 Å². The smallest absolute Gasteiger partial charge is 0.301 e. The Labute approximate surface area is 217 Å². The fraction of sp³-hybridized carbons (Fsp3) is 0.179. The number of phenolic OH excluding ortho intramolecular Hbond substituents is 1. The molecule has 3 aromatic carbocycles. The number of benzene rings is 3. The fourth-order valence-electron chi connectivity index (χ4n) is 4.29. The van der Waals surface area contributed by atoms with Crippen LogP contribution < -0.4 is 14.4 Å². The van der Waals surface area contributed by atoms with Gasteiger partial charge in [-0.05, 0) is 74.0 Å². The second-order valence-electron chi connectivity index (χ2n) is 8.28. The lowest BCUT2D eigenvalue weighted by Gasteiger charge is -2.23. The van der Waals surface area contributed by atoms with Gasteiger partial charge in [-0.15, -0.1) is 0 Å². The van der Waals surface area contributed by atoms with Crippen molar-refractivity contribution in [2.75, 3.05) is 18.1 Å². The van der Waals surface area contributed by atoms with Gasteiger partial charge in [0.05, 0.1) is 35.0 Å². The Morgan fingerprint density at radius 2 is 1.59 bits per heavy atom. The number of aliphatic hydroxyl groups excluding tert-OH is 1. The second kappa shape index (κ2) is 9.94. The number of amides is 1. The Kier molecular flexibility index (Phi) is 6.54. The van der Waals surface area contributed by atoms with Gasteiger partial charge in [0.2, 0.25) is 0 Å². The lowest BCUT2D eigenvalue weighted by Crippen LogP contribution is -2.29. The maximum atomic E-state index is 13.4. The molecule has 1 fully saturated rings. The maximum Gasteiger partial charge on any atom is 0.301 e. The van der Waals surface area contributed by atoms with Crippen molar-refractivity contribution in [1.82, 2.24) is 4.98 Å². The summed E-state index contributed by atoms with van der Waals surface area (Å²) in [4.78, 5) is 32.7. The predicted molar refractivity (Wildman–Crippen MR) is 141 cm³/mol. The highest BCUT2D eigenvalue weighted by Gasteiger charge is 2.48. The highest BCUT2D eigenvalue weighted by atomic mass is 32.1. The third-order valence-corrected chi connectivity index (χ3v) is 6.98. The molecular formula is C28H24N2O6S. The second-order valence-corrected chi connectivity index (χ2v) is 9.29. The molecule has 1 aliphatic heterocycles. The van der Waals surface area contributed by atoms with Gasteiger partial charge >= 0.3 is 5.91 Å². The van der Waals surface area contributed by atoms with Crippen LogP contribution in [0.3, 0.4) is 0 Å². The Bertz CT molecular complexity index is 1510. The van der Waals surface area contributed by atoms with E-state index in [1.54, 1.807) is 48.5 Å². The minimum atomic E-state index is -0.945. The van der Waals surface area contributed by atoms with E-state index in [4.69, 9.17) is 9.47 Å². The molecule has 0 spiro atoms. The summed E-state index contributed by atoms with van der Waals surface area (Å²) < 4.78 is 11.8. The van der Waals surface area contributed by atoms with Crippen molar-refractivity contribution in [2.45, 2.75) is 19.9 Å². The molecule has 1 amide bonds. The number of aliphatic hydroxyl groups is 1. The molecule has 1 saturated heterocycles. The quantitative estimate of drug-likeness (QED) is 0.192. The number of phenols is 1. The van der Waals surface area contributed by atoms with Gasteiger partial charge in [0.15, 0.2) is 5.13 Å². The summed E-state index contributed by atoms with van der Waals surface area (Å²) in [6.45, 7) is 4.76. The molecule has 2 N–H and O–H groups in total. The molecule has 37 heavy (non-hydrogen) atoms. The van der Waals surface area contributed by atoms with Crippen LogP contribution in [0.25, 0.3) is 16.0 Å². The van der Waals surface area contributed by atoms with Crippen LogP contribution in [-0.2, 0) is 9.59 Å². The van der Waals surface area contributed by atoms with Crippen LogP contribution in [0.1, 0.15) is 31.0 Å². The molecule has 2 heterocycles. The van der Waals surface area contributed by atoms with E-state index in [2.05, 4.69) is 4.98 Å². The molecule has 188 valence electrons. The van der Waals surface area contributed by atoms with Crippen LogP contribution >= 0.6 is 11.3 Å². The molecule has 5 rings (SSSR count). The van der Waals surface area contributed by atoms with Crippen LogP contribution in [0.2, 0.25) is 0 Å². The molecule has 8 nitrogen and oxygen atoms in total. The molecule has 1 aromatic heterocycles. The monoisotopic (exact) mass is 516 g/mol. The van der Waals surface area contributed by atoms with E-state index in [0.29, 0.717) is 46.5 Å². The van der Waals surface area contributed by atoms with Crippen molar-refractivity contribution >= 4 is 44.1 Å². The number of ether oxygens (including phenoxy) is 2. The van der Waals surface area contributed by atoms with E-state index in [1.165, 1.54) is 28.4 Å². The molecule has 9 heteroatoms. The van der Waals surface area contributed by atoms with E-state index in [9.17, 15) is 19.8 Å². The summed E-state index contributed by atoms with van der Waals surface area (Å²) in [6, 6.07) is 17.3. The van der Waals surface area contributed by atoms with Gasteiger partial charge in [-0.1, -0.05) is 23.5 Å². The van der Waals surface area contributed by atoms with Gasteiger partial charge in [0.1, 0.15) is 23.0 Å². The number of Topliss-reactive ketones (excluding diaryl/α,β-unsaturated/α-hetero) is 1. The standard InChI is InChI=1S/C28H24N2O6S/c1-3-35-19-11-7-17(8-12-19)25(32)23-24(16-5-9-18(31)10-6-16)30(27(34)26(23)33)28-29-21-14-13-20(36-4-2)15-22(21)37-28/h5-15,24,31-32H,3-4H2,1-2H3. The van der Waals surface area contributed by atoms with E-state index in [0.717, 1.165) is 4.70 Å². The van der Waals surface area contributed by atoms with E-state index >= 15 is 0 Å². The number of rotatable bonds is 7. The number of carbonyl (C=O) groups is 2. The Balaban J connectivity index is 1.65. The van der Waals surface area contributed by atoms with Crippen molar-refractivity contribution in [1.29, 1.82) is 0 Å². The molecule has 0 aliphatic carbocycles. The van der Waals surface area contributed by atoms with Crippen molar-refractivity contribution in [3.8, 4) is 17.2 Å². The van der Waals surface area contributed by atoms with E-state index < -0.39 is 17.7 Å². The number of hydrogen-bond donors (Lipinski definition) is 2. The minimum Gasteiger partial charge on any atom is -0.508 e. The first-order chi connectivity index (χ1) is 17.9. The molecule has 4 aromatic rings. The number of nitrogens with zero attached hydrogens (tertiary/aromatic N) is 2. The number of anilines is 1. The van der Waals surface area contributed by atoms with Crippen molar-refractivity contribution in [3.05, 3.63) is 83.4 Å². The molecule has 0 saturated carbocycles. The minimum absolute atomic E-state index is 0.0376. The Morgan fingerprint density at radius 1 is 0.946 bits per heavy atom. The lowest BCUT2D eigenvalue weighted by molar-refractivity contribution is -0.132. The van der Waals surface area contributed by atoms with Crippen molar-refractivity contribution < 1.29 is 29.3 Å². The first-order valence-electron chi connectivity index (χ1n) is 11.8. The molecule has 0 radical (unpaired) electrons. The van der Waals surface area contributed by atoms with Crippen molar-refractivity contribution in [3.63, 3.8) is 0 Å². The Hall–Kier alpha value is -4.37. The first-order valence-corrected chi connectivity index (χ1v) is 12.6. The normalized spacial score (nSPS) is 16.9. The largest absolute Gasteiger partial charge is 0.508 e. The summed E-state index contributed by atoms with van der Waals surface area (Å²) in [7, 11) is 0. The SMILES string of the molecule is CCOc1ccc(C(O)=C2C(=O)C(=O)N(c3nc4ccc(OCC)cc4s3)C2c2ccc(O)cc2)cc1. The average Bonchev–Trinajstić information content (AvgIpc) is 3.43. The topological polar surface area (TPSA) is 109 Å². The molecule has 0 bridgehead atoms. The summed E-state index contributed by atoms with van der Waals surface area (Å²) in [5.41, 5.74) is 1.50. The predicted octanol–water partition coefficient (Wildman–Crippen LogP) is 5.43. The van der Waals surface area contributed by atoms with Gasteiger partial charge in [-0.25, -0.2) is 4.98 Å². The van der Waals surface area contributed by atoms with Crippen LogP contribution in [0.15, 0.2) is 72.3 Å². The molecule has 1 aliphatic rings.